The van der Waals surface area contributed by atoms with E-state index < -0.39 is 0 Å². The van der Waals surface area contributed by atoms with Crippen LogP contribution in [0.1, 0.15) is 80.7 Å². The fraction of sp³-hybridized carbons (Fsp3) is 0.326. The molecular weight excluding hydrogens is 573 g/mol. The first-order chi connectivity index (χ1) is 23.1. The molecule has 47 heavy (non-hydrogen) atoms. The van der Waals surface area contributed by atoms with Gasteiger partial charge in [-0.3, -0.25) is 0 Å². The lowest BCUT2D eigenvalue weighted by atomic mass is 9.80. The molecule has 0 spiro atoms. The highest BCUT2D eigenvalue weighted by Crippen LogP contribution is 2.51. The summed E-state index contributed by atoms with van der Waals surface area (Å²) in [7, 11) is 0. The summed E-state index contributed by atoms with van der Waals surface area (Å²) in [5.74, 6) is 0.488. The molecule has 1 aromatic heterocycles. The van der Waals surface area contributed by atoms with Crippen LogP contribution in [0.15, 0.2) is 114 Å². The van der Waals surface area contributed by atoms with Gasteiger partial charge in [-0.15, -0.1) is 0 Å². The number of hydrogen-bond donors (Lipinski definition) is 1. The molecule has 0 bridgehead atoms. The Morgan fingerprint density at radius 1 is 0.957 bits per heavy atom. The third-order valence-electron chi connectivity index (χ3n) is 11.5. The van der Waals surface area contributed by atoms with E-state index in [1.807, 2.05) is 12.1 Å². The number of benzene rings is 2. The van der Waals surface area contributed by atoms with Gasteiger partial charge in [0, 0.05) is 46.1 Å². The van der Waals surface area contributed by atoms with E-state index >= 15 is 0 Å². The average Bonchev–Trinajstić information content (AvgIpc) is 3.65. The summed E-state index contributed by atoms with van der Waals surface area (Å²) in [5.41, 5.74) is 13.1. The van der Waals surface area contributed by atoms with E-state index in [4.69, 9.17) is 0 Å². The average molecular weight is 615 g/mol. The summed E-state index contributed by atoms with van der Waals surface area (Å²) in [4.78, 5) is 2.86. The zero-order valence-corrected chi connectivity index (χ0v) is 27.3. The Hall–Kier alpha value is -4.75. The molecule has 0 fully saturated rings. The van der Waals surface area contributed by atoms with Gasteiger partial charge in [-0.2, -0.15) is 5.26 Å². The maximum Gasteiger partial charge on any atom is 0.0991 e. The van der Waals surface area contributed by atoms with Crippen LogP contribution in [0, 0.1) is 17.2 Å². The molecule has 2 aromatic carbocycles. The lowest BCUT2D eigenvalue weighted by molar-refractivity contribution is 0.160. The van der Waals surface area contributed by atoms with Crippen molar-refractivity contribution >= 4 is 28.4 Å². The van der Waals surface area contributed by atoms with Crippen LogP contribution in [-0.4, -0.2) is 27.1 Å². The van der Waals surface area contributed by atoms with Crippen molar-refractivity contribution in [3.05, 3.63) is 136 Å². The summed E-state index contributed by atoms with van der Waals surface area (Å²) < 4.78 is 2.64. The van der Waals surface area contributed by atoms with E-state index in [0.717, 1.165) is 37.7 Å². The molecular formula is C43H42N4. The molecule has 0 radical (unpaired) electrons. The minimum Gasteiger partial charge on any atom is -0.378 e. The topological polar surface area (TPSA) is 44.0 Å². The van der Waals surface area contributed by atoms with Crippen molar-refractivity contribution in [2.24, 2.45) is 5.92 Å². The third-order valence-corrected chi connectivity index (χ3v) is 11.5. The molecule has 4 aliphatic carbocycles. The van der Waals surface area contributed by atoms with Crippen molar-refractivity contribution in [3.8, 4) is 6.07 Å². The van der Waals surface area contributed by atoms with Crippen molar-refractivity contribution in [2.45, 2.75) is 82.3 Å². The molecule has 3 heterocycles. The maximum absolute atomic E-state index is 9.36. The third kappa shape index (κ3) is 4.62. The highest BCUT2D eigenvalue weighted by molar-refractivity contribution is 5.94. The van der Waals surface area contributed by atoms with E-state index in [1.54, 1.807) is 11.3 Å². The minimum absolute atomic E-state index is 0.174. The van der Waals surface area contributed by atoms with Gasteiger partial charge in [-0.25, -0.2) is 0 Å². The number of allylic oxidation sites excluding steroid dienone is 5. The lowest BCUT2D eigenvalue weighted by Gasteiger charge is -2.48. The molecule has 6 aliphatic rings. The van der Waals surface area contributed by atoms with Gasteiger partial charge >= 0.3 is 0 Å². The molecule has 0 saturated heterocycles. The number of nitrogens with one attached hydrogen (secondary N) is 1. The summed E-state index contributed by atoms with van der Waals surface area (Å²) in [6.07, 6.45) is 31.9. The fourth-order valence-corrected chi connectivity index (χ4v) is 9.49. The van der Waals surface area contributed by atoms with E-state index in [9.17, 15) is 5.26 Å². The Kier molecular flexibility index (Phi) is 6.78. The first-order valence-corrected chi connectivity index (χ1v) is 17.7. The Bertz CT molecular complexity index is 2030. The van der Waals surface area contributed by atoms with Crippen LogP contribution in [0.25, 0.3) is 28.4 Å². The van der Waals surface area contributed by atoms with Crippen LogP contribution < -0.4 is 5.32 Å². The second kappa shape index (κ2) is 11.2. The van der Waals surface area contributed by atoms with E-state index in [-0.39, 0.29) is 11.6 Å². The molecule has 4 heteroatoms. The Morgan fingerprint density at radius 2 is 1.81 bits per heavy atom. The summed E-state index contributed by atoms with van der Waals surface area (Å²) in [6, 6.07) is 19.9. The predicted molar refractivity (Wildman–Crippen MR) is 193 cm³/mol. The SMILES string of the molecule is CC1(N2C3=C(CCCC3)C3C=CC=CC32)C=C(C2CCC=C(c3ccc(C#N)cc3)N2)C=C(n2c3c(c4ccccc42)C=CCC3)C1. The Morgan fingerprint density at radius 3 is 2.70 bits per heavy atom. The lowest BCUT2D eigenvalue weighted by Crippen LogP contribution is -2.50. The maximum atomic E-state index is 9.36. The second-order valence-corrected chi connectivity index (χ2v) is 14.4. The van der Waals surface area contributed by atoms with Crippen LogP contribution in [0.5, 0.6) is 0 Å². The number of fused-ring (bicyclic) bond motifs is 5. The normalized spacial score (nSPS) is 27.8. The molecule has 4 atom stereocenters. The van der Waals surface area contributed by atoms with Crippen molar-refractivity contribution in [1.29, 1.82) is 5.26 Å². The van der Waals surface area contributed by atoms with E-state index in [2.05, 4.69) is 119 Å². The molecule has 9 rings (SSSR count). The molecule has 4 nitrogen and oxygen atoms in total. The van der Waals surface area contributed by atoms with E-state index in [1.165, 1.54) is 64.8 Å². The van der Waals surface area contributed by atoms with Crippen molar-refractivity contribution in [3.63, 3.8) is 0 Å². The highest BCUT2D eigenvalue weighted by Gasteiger charge is 2.48. The minimum atomic E-state index is -0.174. The van der Waals surface area contributed by atoms with Gasteiger partial charge in [0.15, 0.2) is 0 Å². The Labute approximate surface area is 278 Å². The van der Waals surface area contributed by atoms with Gasteiger partial charge in [0.2, 0.25) is 0 Å². The number of aromatic nitrogens is 1. The number of nitriles is 1. The fourth-order valence-electron chi connectivity index (χ4n) is 9.49. The molecule has 1 N–H and O–H groups in total. The zero-order valence-electron chi connectivity index (χ0n) is 27.3. The number of rotatable bonds is 4. The summed E-state index contributed by atoms with van der Waals surface area (Å²) >= 11 is 0. The molecule has 234 valence electrons. The number of hydrogen-bond acceptors (Lipinski definition) is 3. The molecule has 2 aliphatic heterocycles. The number of nitrogens with zero attached hydrogens (tertiary/aromatic N) is 3. The smallest absolute Gasteiger partial charge is 0.0991 e. The van der Waals surface area contributed by atoms with Crippen LogP contribution in [-0.2, 0) is 6.42 Å². The van der Waals surface area contributed by atoms with Crippen molar-refractivity contribution in [2.75, 3.05) is 0 Å². The van der Waals surface area contributed by atoms with Crippen LogP contribution in [0.3, 0.4) is 0 Å². The predicted octanol–water partition coefficient (Wildman–Crippen LogP) is 9.45. The summed E-state index contributed by atoms with van der Waals surface area (Å²) in [6.45, 7) is 2.52. The van der Waals surface area contributed by atoms with Crippen LogP contribution in [0.2, 0.25) is 0 Å². The highest BCUT2D eigenvalue weighted by atomic mass is 15.3. The molecule has 0 saturated carbocycles. The van der Waals surface area contributed by atoms with Gasteiger partial charge < -0.3 is 14.8 Å². The standard InChI is InChI=1S/C43H42N4/c1-43(47-41-19-8-4-13-35(41)36-14-5-9-20-42(36)47)26-31(38-16-10-15-37(45-38)30-23-21-29(28-44)22-24-30)25-32(27-43)46-39-17-6-2-11-33(39)34-12-3-7-18-40(34)46/h2-4,6,8,11-13,15,17,19,21-26,35,38,41,45H,5,7,9-10,14,16,18,20,27H2,1H3. The monoisotopic (exact) mass is 614 g/mol. The van der Waals surface area contributed by atoms with Gasteiger partial charge in [0.1, 0.15) is 0 Å². The number of para-hydroxylation sites is 1. The second-order valence-electron chi connectivity index (χ2n) is 14.4. The van der Waals surface area contributed by atoms with E-state index in [0.29, 0.717) is 17.5 Å². The van der Waals surface area contributed by atoms with Crippen molar-refractivity contribution in [1.82, 2.24) is 14.8 Å². The molecule has 3 aromatic rings. The van der Waals surface area contributed by atoms with Gasteiger partial charge in [-0.05, 0) is 99.3 Å². The first-order valence-electron chi connectivity index (χ1n) is 17.7. The quantitative estimate of drug-likeness (QED) is 0.318. The largest absolute Gasteiger partial charge is 0.378 e. The zero-order chi connectivity index (χ0) is 31.5. The Balaban J connectivity index is 1.18. The van der Waals surface area contributed by atoms with Gasteiger partial charge in [-0.1, -0.05) is 78.9 Å². The van der Waals surface area contributed by atoms with Crippen LogP contribution in [0.4, 0.5) is 0 Å². The first kappa shape index (κ1) is 28.5. The van der Waals surface area contributed by atoms with Crippen molar-refractivity contribution < 1.29 is 0 Å². The van der Waals surface area contributed by atoms with Gasteiger partial charge in [0.25, 0.3) is 0 Å². The van der Waals surface area contributed by atoms with Gasteiger partial charge in [0.05, 0.1) is 34.8 Å². The molecule has 4 unspecified atom stereocenters. The van der Waals surface area contributed by atoms with Crippen LogP contribution >= 0.6 is 0 Å². The summed E-state index contributed by atoms with van der Waals surface area (Å²) in [5, 5.41) is 14.7. The molecule has 0 amide bonds.